The molecule has 0 amide bonds. The van der Waals surface area contributed by atoms with Crippen LogP contribution in [0.5, 0.6) is 0 Å². The zero-order valence-corrected chi connectivity index (χ0v) is 8.77. The minimum atomic E-state index is -1.90. The van der Waals surface area contributed by atoms with E-state index in [-0.39, 0.29) is 5.54 Å². The molecule has 1 rings (SSSR count). The maximum Gasteiger partial charge on any atom is 0.231 e. The first-order valence-corrected chi connectivity index (χ1v) is 5.78. The second-order valence-corrected chi connectivity index (χ2v) is 4.71. The van der Waals surface area contributed by atoms with Crippen LogP contribution >= 0.6 is 0 Å². The first-order chi connectivity index (χ1) is 6.04. The molecule has 0 aromatic heterocycles. The molecule has 3 unspecified atom stereocenters. The van der Waals surface area contributed by atoms with E-state index in [0.717, 1.165) is 12.8 Å². The maximum atomic E-state index is 10.3. The molecule has 78 valence electrons. The predicted molar refractivity (Wildman–Crippen MR) is 53.3 cm³/mol. The van der Waals surface area contributed by atoms with Crippen molar-refractivity contribution in [1.82, 2.24) is 4.72 Å². The van der Waals surface area contributed by atoms with Crippen LogP contribution in [-0.2, 0) is 11.3 Å². The fraction of sp³-hybridized carbons (Fsp3) is 1.00. The molecule has 0 aromatic rings. The number of rotatable bonds is 4. The van der Waals surface area contributed by atoms with E-state index in [9.17, 15) is 4.21 Å². The van der Waals surface area contributed by atoms with Crippen LogP contribution in [0.15, 0.2) is 0 Å². The summed E-state index contributed by atoms with van der Waals surface area (Å²) in [6.45, 7) is 2.67. The van der Waals surface area contributed by atoms with Crippen molar-refractivity contribution in [2.45, 2.75) is 38.1 Å². The van der Waals surface area contributed by atoms with Crippen LogP contribution in [0.3, 0.4) is 0 Å². The van der Waals surface area contributed by atoms with Crippen molar-refractivity contribution < 1.29 is 8.76 Å². The van der Waals surface area contributed by atoms with Gasteiger partial charge in [0, 0.05) is 12.1 Å². The Balaban J connectivity index is 2.30. The molecule has 1 fully saturated rings. The minimum Gasteiger partial charge on any atom is -0.325 e. The smallest absolute Gasteiger partial charge is 0.231 e. The van der Waals surface area contributed by atoms with Gasteiger partial charge in [0.1, 0.15) is 0 Å². The predicted octanol–water partition coefficient (Wildman–Crippen LogP) is 0.620. The lowest BCUT2D eigenvalue weighted by molar-refractivity contribution is 0.316. The van der Waals surface area contributed by atoms with Crippen molar-refractivity contribution in [3.05, 3.63) is 0 Å². The highest BCUT2D eigenvalue weighted by Gasteiger charge is 2.35. The second-order valence-electron chi connectivity index (χ2n) is 3.92. The molecule has 4 nitrogen and oxygen atoms in total. The first kappa shape index (κ1) is 11.1. The Morgan fingerprint density at radius 3 is 2.92 bits per heavy atom. The second kappa shape index (κ2) is 4.50. The number of hydrogen-bond acceptors (Lipinski definition) is 2. The fourth-order valence-corrected chi connectivity index (χ4v) is 2.29. The summed E-state index contributed by atoms with van der Waals surface area (Å²) in [6.07, 6.45) is 4.17. The van der Waals surface area contributed by atoms with E-state index in [1.165, 1.54) is 12.8 Å². The summed E-state index contributed by atoms with van der Waals surface area (Å²) in [6, 6.07) is 0. The standard InChI is InChI=1S/C8H18N2O2S/c1-7-3-2-4-8(7,9)5-6-10-13(11)12/h7,10H,2-6,9H2,1H3,(H,11,12). The van der Waals surface area contributed by atoms with E-state index < -0.39 is 11.3 Å². The molecule has 13 heavy (non-hydrogen) atoms. The summed E-state index contributed by atoms with van der Waals surface area (Å²) in [4.78, 5) is 0. The first-order valence-electron chi connectivity index (χ1n) is 4.68. The summed E-state index contributed by atoms with van der Waals surface area (Å²) < 4.78 is 21.3. The number of nitrogens with one attached hydrogen (secondary N) is 1. The molecule has 0 saturated heterocycles. The third-order valence-electron chi connectivity index (χ3n) is 3.08. The third kappa shape index (κ3) is 3.02. The largest absolute Gasteiger partial charge is 0.325 e. The number of hydrogen-bond donors (Lipinski definition) is 3. The van der Waals surface area contributed by atoms with Crippen molar-refractivity contribution in [3.8, 4) is 0 Å². The van der Waals surface area contributed by atoms with Gasteiger partial charge in [0.2, 0.25) is 11.3 Å². The Bertz CT molecular complexity index is 201. The van der Waals surface area contributed by atoms with E-state index >= 15 is 0 Å². The summed E-state index contributed by atoms with van der Waals surface area (Å²) in [5.74, 6) is 0.529. The van der Waals surface area contributed by atoms with Gasteiger partial charge in [-0.05, 0) is 25.2 Å². The van der Waals surface area contributed by atoms with Crippen LogP contribution in [0.2, 0.25) is 0 Å². The van der Waals surface area contributed by atoms with Gasteiger partial charge in [0.15, 0.2) is 0 Å². The van der Waals surface area contributed by atoms with Gasteiger partial charge in [0.25, 0.3) is 0 Å². The van der Waals surface area contributed by atoms with E-state index in [1.54, 1.807) is 0 Å². The molecule has 1 saturated carbocycles. The molecular formula is C8H18N2O2S. The van der Waals surface area contributed by atoms with Crippen LogP contribution in [-0.4, -0.2) is 20.8 Å². The van der Waals surface area contributed by atoms with E-state index in [1.807, 2.05) is 0 Å². The Morgan fingerprint density at radius 2 is 2.46 bits per heavy atom. The van der Waals surface area contributed by atoms with Crippen LogP contribution in [0.4, 0.5) is 0 Å². The average Bonchev–Trinajstić information content (AvgIpc) is 2.32. The molecule has 1 aliphatic carbocycles. The van der Waals surface area contributed by atoms with Crippen molar-refractivity contribution in [2.75, 3.05) is 6.54 Å². The van der Waals surface area contributed by atoms with Gasteiger partial charge < -0.3 is 5.73 Å². The molecule has 0 aromatic carbocycles. The summed E-state index contributed by atoms with van der Waals surface area (Å²) in [7, 11) is 0. The quantitative estimate of drug-likeness (QED) is 0.590. The topological polar surface area (TPSA) is 75.3 Å². The average molecular weight is 206 g/mol. The van der Waals surface area contributed by atoms with Gasteiger partial charge in [-0.25, -0.2) is 8.93 Å². The molecule has 0 bridgehead atoms. The molecule has 0 aliphatic heterocycles. The molecular weight excluding hydrogens is 188 g/mol. The van der Waals surface area contributed by atoms with Crippen LogP contribution < -0.4 is 10.5 Å². The van der Waals surface area contributed by atoms with E-state index in [2.05, 4.69) is 11.6 Å². The van der Waals surface area contributed by atoms with Gasteiger partial charge in [0.05, 0.1) is 0 Å². The van der Waals surface area contributed by atoms with Crippen LogP contribution in [0.1, 0.15) is 32.6 Å². The molecule has 3 atom stereocenters. The monoisotopic (exact) mass is 206 g/mol. The van der Waals surface area contributed by atoms with Gasteiger partial charge in [-0.15, -0.1) is 0 Å². The van der Waals surface area contributed by atoms with Crippen LogP contribution in [0.25, 0.3) is 0 Å². The van der Waals surface area contributed by atoms with Crippen molar-refractivity contribution in [3.63, 3.8) is 0 Å². The summed E-state index contributed by atoms with van der Waals surface area (Å²) >= 11 is -1.90. The Hall–Kier alpha value is 0.0300. The normalized spacial score (nSPS) is 36.4. The molecule has 0 heterocycles. The van der Waals surface area contributed by atoms with Crippen LogP contribution in [0, 0.1) is 5.92 Å². The van der Waals surface area contributed by atoms with E-state index in [4.69, 9.17) is 10.3 Å². The van der Waals surface area contributed by atoms with Gasteiger partial charge in [-0.1, -0.05) is 13.3 Å². The molecule has 0 radical (unpaired) electrons. The summed E-state index contributed by atoms with van der Waals surface area (Å²) in [5.41, 5.74) is 6.05. The lowest BCUT2D eigenvalue weighted by Gasteiger charge is -2.28. The molecule has 0 spiro atoms. The highest BCUT2D eigenvalue weighted by Crippen LogP contribution is 2.35. The van der Waals surface area contributed by atoms with Crippen molar-refractivity contribution >= 4 is 11.3 Å². The zero-order valence-electron chi connectivity index (χ0n) is 7.95. The van der Waals surface area contributed by atoms with E-state index in [0.29, 0.717) is 12.5 Å². The third-order valence-corrected chi connectivity index (χ3v) is 3.53. The van der Waals surface area contributed by atoms with Crippen molar-refractivity contribution in [2.24, 2.45) is 11.7 Å². The Morgan fingerprint density at radius 1 is 1.77 bits per heavy atom. The molecule has 5 heteroatoms. The van der Waals surface area contributed by atoms with Gasteiger partial charge >= 0.3 is 0 Å². The molecule has 4 N–H and O–H groups in total. The Kier molecular flexibility index (Phi) is 3.85. The molecule has 1 aliphatic rings. The van der Waals surface area contributed by atoms with Gasteiger partial charge in [-0.2, -0.15) is 0 Å². The number of nitrogens with two attached hydrogens (primary N) is 1. The maximum absolute atomic E-state index is 10.3. The Labute approximate surface area is 81.7 Å². The highest BCUT2D eigenvalue weighted by atomic mass is 32.2. The SMILES string of the molecule is CC1CCCC1(N)CCNS(=O)O. The minimum absolute atomic E-state index is 0.119. The zero-order chi connectivity index (χ0) is 9.90. The lowest BCUT2D eigenvalue weighted by Crippen LogP contribution is -2.44. The van der Waals surface area contributed by atoms with Crippen molar-refractivity contribution in [1.29, 1.82) is 0 Å². The summed E-state index contributed by atoms with van der Waals surface area (Å²) in [5, 5.41) is 0. The van der Waals surface area contributed by atoms with Gasteiger partial charge in [-0.3, -0.25) is 4.55 Å². The lowest BCUT2D eigenvalue weighted by atomic mass is 9.86. The fourth-order valence-electron chi connectivity index (χ4n) is 2.01. The highest BCUT2D eigenvalue weighted by molar-refractivity contribution is 7.77.